The third kappa shape index (κ3) is 4.94. The molecular weight excluding hydrogens is 563 g/mol. The van der Waals surface area contributed by atoms with Crippen LogP contribution in [0.5, 0.6) is 0 Å². The van der Waals surface area contributed by atoms with Crippen LogP contribution in [0.4, 0.5) is 24.7 Å². The van der Waals surface area contributed by atoms with E-state index in [0.717, 1.165) is 34.6 Å². The van der Waals surface area contributed by atoms with Crippen LogP contribution >= 0.6 is 11.9 Å². The highest BCUT2D eigenvalue weighted by atomic mass is 32.2. The Balaban J connectivity index is 1.49. The highest BCUT2D eigenvalue weighted by molar-refractivity contribution is 8.03. The van der Waals surface area contributed by atoms with Gasteiger partial charge in [0.15, 0.2) is 0 Å². The Morgan fingerprint density at radius 2 is 1.79 bits per heavy atom. The molecule has 0 fully saturated rings. The van der Waals surface area contributed by atoms with E-state index in [4.69, 9.17) is 0 Å². The van der Waals surface area contributed by atoms with Crippen molar-refractivity contribution in [1.29, 1.82) is 0 Å². The lowest BCUT2D eigenvalue weighted by atomic mass is 9.81. The van der Waals surface area contributed by atoms with E-state index in [0.29, 0.717) is 18.9 Å². The molecule has 6 rings (SSSR count). The Labute approximate surface area is 244 Å². The summed E-state index contributed by atoms with van der Waals surface area (Å²) in [6.45, 7) is 2.78. The van der Waals surface area contributed by atoms with Crippen molar-refractivity contribution in [2.24, 2.45) is 0 Å². The molecule has 2 amide bonds. The normalized spacial score (nSPS) is 18.3. The summed E-state index contributed by atoms with van der Waals surface area (Å²) < 4.78 is 44.1. The smallest absolute Gasteiger partial charge is 0.339 e. The summed E-state index contributed by atoms with van der Waals surface area (Å²) in [7, 11) is 0. The van der Waals surface area contributed by atoms with Crippen LogP contribution in [-0.2, 0) is 11.0 Å². The number of hydrogen-bond acceptors (Lipinski definition) is 5. The van der Waals surface area contributed by atoms with Crippen molar-refractivity contribution in [2.75, 3.05) is 22.3 Å². The van der Waals surface area contributed by atoms with Gasteiger partial charge in [0.25, 0.3) is 11.8 Å². The van der Waals surface area contributed by atoms with Crippen LogP contribution in [-0.4, -0.2) is 40.7 Å². The van der Waals surface area contributed by atoms with Crippen molar-refractivity contribution >= 4 is 35.3 Å². The largest absolute Gasteiger partial charge is 0.416 e. The fraction of sp³-hybridized carbons (Fsp3) is 0.194. The molecule has 0 saturated carbocycles. The lowest BCUT2D eigenvalue weighted by molar-refractivity contribution is -0.137. The van der Waals surface area contributed by atoms with Gasteiger partial charge in [-0.3, -0.25) is 14.5 Å². The lowest BCUT2D eigenvalue weighted by Crippen LogP contribution is -2.55. The highest BCUT2D eigenvalue weighted by Crippen LogP contribution is 2.45. The van der Waals surface area contributed by atoms with Crippen molar-refractivity contribution in [3.63, 3.8) is 0 Å². The molecule has 42 heavy (non-hydrogen) atoms. The number of alkyl halides is 3. The number of nitrogens with one attached hydrogen (secondary N) is 1. The predicted octanol–water partition coefficient (Wildman–Crippen LogP) is 6.17. The molecule has 0 aliphatic carbocycles. The first-order valence-electron chi connectivity index (χ1n) is 13.4. The van der Waals surface area contributed by atoms with E-state index in [1.54, 1.807) is 15.8 Å². The van der Waals surface area contributed by atoms with Crippen molar-refractivity contribution in [2.45, 2.75) is 25.1 Å². The molecule has 2 aliphatic heterocycles. The van der Waals surface area contributed by atoms with Gasteiger partial charge >= 0.3 is 6.18 Å². The number of fused-ring (bicyclic) bond motifs is 1. The SMILES string of the molecule is CCN1C(=O)[C@H](NC(=O)c2cccc(C(F)(F)F)c2)[C@@H](c2ccccc2N2CC=CS2)c2cnn(-c3ccccc3)c21. The third-order valence-corrected chi connectivity index (χ3v) is 8.29. The molecule has 2 atom stereocenters. The first-order chi connectivity index (χ1) is 20.3. The molecule has 7 nitrogen and oxygen atoms in total. The minimum Gasteiger partial charge on any atom is -0.339 e. The zero-order valence-electron chi connectivity index (χ0n) is 22.5. The maximum Gasteiger partial charge on any atom is 0.416 e. The number of halogens is 3. The number of carbonyl (C=O) groups is 2. The molecule has 0 unspecified atom stereocenters. The first kappa shape index (κ1) is 27.6. The van der Waals surface area contributed by atoms with Crippen LogP contribution in [0.3, 0.4) is 0 Å². The van der Waals surface area contributed by atoms with Gasteiger partial charge < -0.3 is 9.62 Å². The maximum atomic E-state index is 14.3. The van der Waals surface area contributed by atoms with Gasteiger partial charge in [-0.25, -0.2) is 4.68 Å². The average molecular weight is 590 g/mol. The minimum atomic E-state index is -4.61. The molecular formula is C31H26F3N5O2S. The summed E-state index contributed by atoms with van der Waals surface area (Å²) >= 11 is 1.52. The third-order valence-electron chi connectivity index (χ3n) is 7.38. The van der Waals surface area contributed by atoms with Crippen LogP contribution in [0.15, 0.2) is 96.5 Å². The van der Waals surface area contributed by atoms with Crippen molar-refractivity contribution in [3.05, 3.63) is 119 Å². The number of anilines is 2. The second-order valence-corrected chi connectivity index (χ2v) is 10.8. The van der Waals surface area contributed by atoms with Crippen molar-refractivity contribution in [3.8, 4) is 5.69 Å². The number of para-hydroxylation sites is 2. The molecule has 4 aromatic rings. The highest BCUT2D eigenvalue weighted by Gasteiger charge is 2.45. The molecule has 1 N–H and O–H groups in total. The average Bonchev–Trinajstić information content (AvgIpc) is 3.69. The van der Waals surface area contributed by atoms with E-state index >= 15 is 0 Å². The molecule has 2 aliphatic rings. The fourth-order valence-electron chi connectivity index (χ4n) is 5.49. The standard InChI is InChI=1S/C31H26F3N5O2S/c1-2-37-29-24(19-35-39(29)22-12-4-3-5-13-22)26(23-14-6-7-15-25(23)38-16-9-17-42-38)27(30(37)41)36-28(40)20-10-8-11-21(18-20)31(32,33)34/h3-15,17-19,26-27H,2,16H2,1H3,(H,36,40)/t26-,27+/m0/s1. The van der Waals surface area contributed by atoms with Gasteiger partial charge in [0, 0.05) is 30.1 Å². The topological polar surface area (TPSA) is 70.5 Å². The van der Waals surface area contributed by atoms with E-state index in [9.17, 15) is 22.8 Å². The molecule has 0 saturated heterocycles. The first-order valence-corrected chi connectivity index (χ1v) is 14.2. The molecule has 3 aromatic carbocycles. The molecule has 0 bridgehead atoms. The quantitative estimate of drug-likeness (QED) is 0.273. The van der Waals surface area contributed by atoms with Crippen LogP contribution in [0.25, 0.3) is 5.69 Å². The summed E-state index contributed by atoms with van der Waals surface area (Å²) in [4.78, 5) is 29.3. The number of aromatic nitrogens is 2. The molecule has 1 aromatic heterocycles. The number of amides is 2. The van der Waals surface area contributed by atoms with Gasteiger partial charge in [0.1, 0.15) is 11.9 Å². The van der Waals surface area contributed by atoms with Crippen LogP contribution < -0.4 is 14.5 Å². The number of benzene rings is 3. The number of carbonyl (C=O) groups excluding carboxylic acids is 2. The van der Waals surface area contributed by atoms with Gasteiger partial charge in [-0.15, -0.1) is 0 Å². The number of nitrogens with zero attached hydrogens (tertiary/aromatic N) is 4. The van der Waals surface area contributed by atoms with E-state index in [-0.39, 0.29) is 11.5 Å². The summed E-state index contributed by atoms with van der Waals surface area (Å²) in [5.41, 5.74) is 2.03. The number of rotatable bonds is 6. The Kier molecular flexibility index (Phi) is 7.28. The molecule has 11 heteroatoms. The van der Waals surface area contributed by atoms with E-state index in [1.165, 1.54) is 24.1 Å². The summed E-state index contributed by atoms with van der Waals surface area (Å²) in [6.07, 6.45) is -0.879. The monoisotopic (exact) mass is 589 g/mol. The molecule has 3 heterocycles. The number of likely N-dealkylation sites (N-methyl/N-ethyl adjacent to an activating group) is 1. The fourth-order valence-corrected chi connectivity index (χ4v) is 6.26. The van der Waals surface area contributed by atoms with E-state index in [2.05, 4.69) is 14.7 Å². The van der Waals surface area contributed by atoms with Gasteiger partial charge in [0.05, 0.1) is 23.1 Å². The summed E-state index contributed by atoms with van der Waals surface area (Å²) in [6, 6.07) is 20.2. The molecule has 0 spiro atoms. The number of hydrogen-bond donors (Lipinski definition) is 1. The van der Waals surface area contributed by atoms with E-state index < -0.39 is 29.6 Å². The lowest BCUT2D eigenvalue weighted by Gasteiger charge is -2.39. The van der Waals surface area contributed by atoms with Crippen molar-refractivity contribution < 1.29 is 22.8 Å². The van der Waals surface area contributed by atoms with Gasteiger partial charge in [-0.2, -0.15) is 18.3 Å². The van der Waals surface area contributed by atoms with Crippen LogP contribution in [0.1, 0.15) is 39.9 Å². The van der Waals surface area contributed by atoms with Crippen LogP contribution in [0, 0.1) is 0 Å². The second kappa shape index (κ2) is 11.1. The summed E-state index contributed by atoms with van der Waals surface area (Å²) in [5, 5.41) is 9.46. The Morgan fingerprint density at radius 1 is 1.02 bits per heavy atom. The Hall–Kier alpha value is -4.51. The minimum absolute atomic E-state index is 0.183. The molecule has 214 valence electrons. The molecule has 0 radical (unpaired) electrons. The van der Waals surface area contributed by atoms with Gasteiger partial charge in [-0.05, 0) is 66.2 Å². The Morgan fingerprint density at radius 3 is 2.50 bits per heavy atom. The summed E-state index contributed by atoms with van der Waals surface area (Å²) in [5.74, 6) is -1.23. The maximum absolute atomic E-state index is 14.3. The van der Waals surface area contributed by atoms with E-state index in [1.807, 2.05) is 73.0 Å². The zero-order chi connectivity index (χ0) is 29.4. The predicted molar refractivity (Wildman–Crippen MR) is 157 cm³/mol. The zero-order valence-corrected chi connectivity index (χ0v) is 23.3. The van der Waals surface area contributed by atoms with Crippen LogP contribution in [0.2, 0.25) is 0 Å². The van der Waals surface area contributed by atoms with Crippen molar-refractivity contribution in [1.82, 2.24) is 15.1 Å². The Bertz CT molecular complexity index is 1660. The van der Waals surface area contributed by atoms with Gasteiger partial charge in [-0.1, -0.05) is 48.5 Å². The van der Waals surface area contributed by atoms with Gasteiger partial charge in [0.2, 0.25) is 0 Å². The second-order valence-electron chi connectivity index (χ2n) is 9.86.